The lowest BCUT2D eigenvalue weighted by Crippen LogP contribution is -2.27. The second-order valence-electron chi connectivity index (χ2n) is 3.23. The highest BCUT2D eigenvalue weighted by Crippen LogP contribution is 2.37. The summed E-state index contributed by atoms with van der Waals surface area (Å²) < 4.78 is 24.5. The average molecular weight is 223 g/mol. The Labute approximate surface area is 87.9 Å². The number of carbonyl (C=O) groups excluding carboxylic acids is 1. The second kappa shape index (κ2) is 2.93. The first kappa shape index (κ1) is 9.92. The van der Waals surface area contributed by atoms with Gasteiger partial charge in [-0.2, -0.15) is 0 Å². The summed E-state index contributed by atoms with van der Waals surface area (Å²) in [5.41, 5.74) is 0.714. The van der Waals surface area contributed by atoms with Crippen molar-refractivity contribution in [1.29, 1.82) is 0 Å². The molecule has 0 spiro atoms. The minimum Gasteiger partial charge on any atom is -0.274 e. The van der Waals surface area contributed by atoms with Crippen molar-refractivity contribution in [3.05, 3.63) is 36.4 Å². The van der Waals surface area contributed by atoms with Crippen molar-refractivity contribution in [2.75, 3.05) is 0 Å². The Morgan fingerprint density at radius 2 is 1.93 bits per heavy atom. The van der Waals surface area contributed by atoms with Gasteiger partial charge in [0, 0.05) is 12.5 Å². The van der Waals surface area contributed by atoms with Crippen LogP contribution in [0, 0.1) is 0 Å². The Kier molecular flexibility index (Phi) is 1.94. The Hall–Kier alpha value is -1.62. The quantitative estimate of drug-likeness (QED) is 0.664. The van der Waals surface area contributed by atoms with Gasteiger partial charge in [0.1, 0.15) is 0 Å². The van der Waals surface area contributed by atoms with E-state index in [0.29, 0.717) is 5.56 Å². The van der Waals surface area contributed by atoms with Gasteiger partial charge in [-0.1, -0.05) is 24.8 Å². The number of rotatable bonds is 0. The SMILES string of the molecule is C=C1c2ccccc2S(=O)(=O)N1C(C)=O. The van der Waals surface area contributed by atoms with Gasteiger partial charge in [0.15, 0.2) is 0 Å². The maximum absolute atomic E-state index is 11.9. The molecule has 1 aliphatic rings. The molecule has 2 rings (SSSR count). The minimum absolute atomic E-state index is 0.144. The molecule has 1 aliphatic heterocycles. The van der Waals surface area contributed by atoms with Gasteiger partial charge >= 0.3 is 0 Å². The lowest BCUT2D eigenvalue weighted by atomic mass is 10.2. The molecule has 0 radical (unpaired) electrons. The molecule has 0 saturated carbocycles. The lowest BCUT2D eigenvalue weighted by molar-refractivity contribution is -0.122. The van der Waals surface area contributed by atoms with Gasteiger partial charge in [0.25, 0.3) is 10.0 Å². The molecule has 1 aromatic rings. The smallest absolute Gasteiger partial charge is 0.271 e. The number of fused-ring (bicyclic) bond motifs is 1. The first-order valence-corrected chi connectivity index (χ1v) is 5.74. The van der Waals surface area contributed by atoms with Gasteiger partial charge in [-0.3, -0.25) is 4.79 Å². The van der Waals surface area contributed by atoms with Gasteiger partial charge < -0.3 is 0 Å². The number of amides is 1. The Morgan fingerprint density at radius 3 is 2.47 bits per heavy atom. The van der Waals surface area contributed by atoms with Crippen LogP contribution in [0.3, 0.4) is 0 Å². The molecule has 1 heterocycles. The summed E-state index contributed by atoms with van der Waals surface area (Å²) in [6.45, 7) is 4.82. The fourth-order valence-electron chi connectivity index (χ4n) is 1.64. The van der Waals surface area contributed by atoms with Crippen molar-refractivity contribution in [3.8, 4) is 0 Å². The highest BCUT2D eigenvalue weighted by Gasteiger charge is 2.39. The summed E-state index contributed by atoms with van der Waals surface area (Å²) in [7, 11) is -3.71. The van der Waals surface area contributed by atoms with Crippen molar-refractivity contribution in [3.63, 3.8) is 0 Å². The van der Waals surface area contributed by atoms with E-state index >= 15 is 0 Å². The molecule has 5 heteroatoms. The molecule has 4 nitrogen and oxygen atoms in total. The summed E-state index contributed by atoms with van der Waals surface area (Å²) in [6.07, 6.45) is 0. The largest absolute Gasteiger partial charge is 0.274 e. The minimum atomic E-state index is -3.71. The van der Waals surface area contributed by atoms with E-state index in [1.165, 1.54) is 13.0 Å². The van der Waals surface area contributed by atoms with Crippen molar-refractivity contribution in [2.45, 2.75) is 11.8 Å². The third-order valence-corrected chi connectivity index (χ3v) is 4.12. The molecular weight excluding hydrogens is 214 g/mol. The first-order chi connectivity index (χ1) is 6.96. The molecule has 0 aromatic heterocycles. The molecule has 1 aromatic carbocycles. The Morgan fingerprint density at radius 1 is 1.33 bits per heavy atom. The number of nitrogens with zero attached hydrogens (tertiary/aromatic N) is 1. The molecule has 0 aliphatic carbocycles. The van der Waals surface area contributed by atoms with Gasteiger partial charge in [-0.15, -0.1) is 0 Å². The second-order valence-corrected chi connectivity index (χ2v) is 4.99. The number of hydrogen-bond acceptors (Lipinski definition) is 3. The number of carbonyl (C=O) groups is 1. The molecule has 0 unspecified atom stereocenters. The molecule has 78 valence electrons. The maximum Gasteiger partial charge on any atom is 0.271 e. The van der Waals surface area contributed by atoms with E-state index in [-0.39, 0.29) is 10.6 Å². The molecule has 0 fully saturated rings. The van der Waals surface area contributed by atoms with Crippen molar-refractivity contribution >= 4 is 21.6 Å². The fraction of sp³-hybridized carbons (Fsp3) is 0.100. The summed E-state index contributed by atoms with van der Waals surface area (Å²) in [4.78, 5) is 11.4. The van der Waals surface area contributed by atoms with Crippen LogP contribution in [0.15, 0.2) is 35.7 Å². The van der Waals surface area contributed by atoms with Crippen molar-refractivity contribution < 1.29 is 13.2 Å². The topological polar surface area (TPSA) is 54.5 Å². The van der Waals surface area contributed by atoms with Crippen LogP contribution in [0.4, 0.5) is 0 Å². The lowest BCUT2D eigenvalue weighted by Gasteiger charge is -2.12. The third kappa shape index (κ3) is 1.20. The number of sulfonamides is 1. The molecular formula is C10H9NO3S. The molecule has 0 bridgehead atoms. The van der Waals surface area contributed by atoms with Crippen LogP contribution in [0.2, 0.25) is 0 Å². The van der Waals surface area contributed by atoms with E-state index in [9.17, 15) is 13.2 Å². The van der Waals surface area contributed by atoms with E-state index in [2.05, 4.69) is 6.58 Å². The van der Waals surface area contributed by atoms with E-state index < -0.39 is 15.9 Å². The zero-order valence-corrected chi connectivity index (χ0v) is 8.91. The summed E-state index contributed by atoms with van der Waals surface area (Å²) in [5, 5.41) is 0. The number of benzene rings is 1. The van der Waals surface area contributed by atoms with Crippen LogP contribution in [-0.4, -0.2) is 18.6 Å². The highest BCUT2D eigenvalue weighted by atomic mass is 32.2. The summed E-state index contributed by atoms with van der Waals surface area (Å²) in [6, 6.07) is 6.44. The molecule has 0 saturated heterocycles. The first-order valence-electron chi connectivity index (χ1n) is 4.30. The molecule has 1 amide bonds. The average Bonchev–Trinajstić information content (AvgIpc) is 2.36. The number of hydrogen-bond donors (Lipinski definition) is 0. The van der Waals surface area contributed by atoms with Crippen LogP contribution in [0.1, 0.15) is 12.5 Å². The predicted octanol–water partition coefficient (Wildman–Crippen LogP) is 1.21. The van der Waals surface area contributed by atoms with E-state index in [1.807, 2.05) is 0 Å². The van der Waals surface area contributed by atoms with Gasteiger partial charge in [0.2, 0.25) is 5.91 Å². The summed E-state index contributed by atoms with van der Waals surface area (Å²) >= 11 is 0. The fourth-order valence-corrected chi connectivity index (χ4v) is 3.28. The maximum atomic E-state index is 11.9. The zero-order valence-electron chi connectivity index (χ0n) is 8.10. The van der Waals surface area contributed by atoms with E-state index in [1.54, 1.807) is 18.2 Å². The standard InChI is InChI=1S/C10H9NO3S/c1-7-9-5-3-4-6-10(9)15(13,14)11(7)8(2)12/h3-6H,1H2,2H3. The Bertz CT molecular complexity index is 560. The van der Waals surface area contributed by atoms with Crippen LogP contribution in [0.5, 0.6) is 0 Å². The predicted molar refractivity (Wildman–Crippen MR) is 55.2 cm³/mol. The molecule has 15 heavy (non-hydrogen) atoms. The van der Waals surface area contributed by atoms with E-state index in [0.717, 1.165) is 4.31 Å². The highest BCUT2D eigenvalue weighted by molar-refractivity contribution is 7.90. The van der Waals surface area contributed by atoms with Crippen LogP contribution < -0.4 is 0 Å². The zero-order chi connectivity index (χ0) is 11.2. The van der Waals surface area contributed by atoms with E-state index in [4.69, 9.17) is 0 Å². The normalized spacial score (nSPS) is 17.7. The monoisotopic (exact) mass is 223 g/mol. The molecule has 0 atom stereocenters. The van der Waals surface area contributed by atoms with Crippen molar-refractivity contribution in [1.82, 2.24) is 4.31 Å². The summed E-state index contributed by atoms with van der Waals surface area (Å²) in [5.74, 6) is -0.545. The van der Waals surface area contributed by atoms with Crippen molar-refractivity contribution in [2.24, 2.45) is 0 Å². The van der Waals surface area contributed by atoms with Crippen LogP contribution in [-0.2, 0) is 14.8 Å². The van der Waals surface area contributed by atoms with Gasteiger partial charge in [0.05, 0.1) is 10.6 Å². The van der Waals surface area contributed by atoms with Crippen LogP contribution in [0.25, 0.3) is 5.70 Å². The van der Waals surface area contributed by atoms with Crippen LogP contribution >= 0.6 is 0 Å². The Balaban J connectivity index is 2.77. The van der Waals surface area contributed by atoms with Gasteiger partial charge in [-0.25, -0.2) is 12.7 Å². The third-order valence-electron chi connectivity index (χ3n) is 2.25. The molecule has 0 N–H and O–H groups in total. The van der Waals surface area contributed by atoms with Gasteiger partial charge in [-0.05, 0) is 6.07 Å².